The summed E-state index contributed by atoms with van der Waals surface area (Å²) in [7, 11) is 0. The maximum atomic E-state index is 2.41. The maximum absolute atomic E-state index is 2.41. The minimum Gasteiger partial charge on any atom is -0.373 e. The topological polar surface area (TPSA) is 3.24 Å². The first-order valence-electron chi connectivity index (χ1n) is 4.41. The summed E-state index contributed by atoms with van der Waals surface area (Å²) in [5, 5.41) is 0. The van der Waals surface area contributed by atoms with E-state index in [9.17, 15) is 0 Å². The zero-order chi connectivity index (χ0) is 9.02. The van der Waals surface area contributed by atoms with Crippen molar-refractivity contribution >= 4 is 0 Å². The molecule has 0 bridgehead atoms. The largest absolute Gasteiger partial charge is 0.373 e. The molecule has 66 valence electrons. The summed E-state index contributed by atoms with van der Waals surface area (Å²) in [5.74, 6) is 0. The summed E-state index contributed by atoms with van der Waals surface area (Å²) in [6, 6.07) is 0.620. The first-order chi connectivity index (χ1) is 5.00. The van der Waals surface area contributed by atoms with Crippen LogP contribution >= 0.6 is 0 Å². The molecule has 0 fully saturated rings. The number of hydrogen-bond acceptors (Lipinski definition) is 1. The smallest absolute Gasteiger partial charge is 0.0230 e. The SMILES string of the molecule is CCN(C(C)=C(C)C)C(C)C. The molecule has 0 aliphatic rings. The molecule has 0 spiro atoms. The normalized spacial score (nSPS) is 10.1. The molecule has 0 atom stereocenters. The van der Waals surface area contributed by atoms with Gasteiger partial charge in [0, 0.05) is 18.3 Å². The van der Waals surface area contributed by atoms with Crippen LogP contribution in [0, 0.1) is 0 Å². The van der Waals surface area contributed by atoms with Crippen molar-refractivity contribution in [3.63, 3.8) is 0 Å². The van der Waals surface area contributed by atoms with E-state index in [-0.39, 0.29) is 0 Å². The second kappa shape index (κ2) is 4.42. The van der Waals surface area contributed by atoms with E-state index in [4.69, 9.17) is 0 Å². The summed E-state index contributed by atoms with van der Waals surface area (Å²) < 4.78 is 0. The van der Waals surface area contributed by atoms with Crippen LogP contribution in [-0.2, 0) is 0 Å². The molecule has 0 aromatic carbocycles. The lowest BCUT2D eigenvalue weighted by molar-refractivity contribution is 0.296. The third kappa shape index (κ3) is 2.96. The van der Waals surface area contributed by atoms with Gasteiger partial charge in [0.2, 0.25) is 0 Å². The molecule has 0 saturated heterocycles. The van der Waals surface area contributed by atoms with Crippen LogP contribution in [0.4, 0.5) is 0 Å². The molecule has 0 unspecified atom stereocenters. The van der Waals surface area contributed by atoms with Gasteiger partial charge in [-0.25, -0.2) is 0 Å². The zero-order valence-electron chi connectivity index (χ0n) is 8.73. The first kappa shape index (κ1) is 10.5. The van der Waals surface area contributed by atoms with Crippen molar-refractivity contribution in [1.82, 2.24) is 4.90 Å². The van der Waals surface area contributed by atoms with Gasteiger partial charge >= 0.3 is 0 Å². The third-order valence-corrected chi connectivity index (χ3v) is 2.12. The Balaban J connectivity index is 4.39. The van der Waals surface area contributed by atoms with Gasteiger partial charge in [-0.1, -0.05) is 5.57 Å². The molecule has 0 amide bonds. The minimum atomic E-state index is 0.620. The molecule has 0 N–H and O–H groups in total. The molecular weight excluding hydrogens is 134 g/mol. The van der Waals surface area contributed by atoms with E-state index >= 15 is 0 Å². The molecule has 0 heterocycles. The molecule has 0 radical (unpaired) electrons. The zero-order valence-corrected chi connectivity index (χ0v) is 8.73. The minimum absolute atomic E-state index is 0.620. The second-order valence-electron chi connectivity index (χ2n) is 3.47. The van der Waals surface area contributed by atoms with Gasteiger partial charge in [0.05, 0.1) is 0 Å². The van der Waals surface area contributed by atoms with Gasteiger partial charge in [0.1, 0.15) is 0 Å². The predicted octanol–water partition coefficient (Wildman–Crippen LogP) is 3.03. The Bertz CT molecular complexity index is 141. The van der Waals surface area contributed by atoms with Crippen molar-refractivity contribution in [1.29, 1.82) is 0 Å². The van der Waals surface area contributed by atoms with Crippen LogP contribution in [0.15, 0.2) is 11.3 Å². The molecule has 0 aromatic rings. The van der Waals surface area contributed by atoms with Crippen molar-refractivity contribution in [2.45, 2.75) is 47.6 Å². The summed E-state index contributed by atoms with van der Waals surface area (Å²) in [6.45, 7) is 14.3. The fourth-order valence-corrected chi connectivity index (χ4v) is 1.28. The van der Waals surface area contributed by atoms with Gasteiger partial charge in [-0.3, -0.25) is 0 Å². The molecule has 1 nitrogen and oxygen atoms in total. The first-order valence-corrected chi connectivity index (χ1v) is 4.41. The number of rotatable bonds is 3. The van der Waals surface area contributed by atoms with E-state index in [0.717, 1.165) is 6.54 Å². The van der Waals surface area contributed by atoms with Gasteiger partial charge in [-0.15, -0.1) is 0 Å². The highest BCUT2D eigenvalue weighted by Crippen LogP contribution is 2.11. The van der Waals surface area contributed by atoms with Gasteiger partial charge in [0.15, 0.2) is 0 Å². The average molecular weight is 155 g/mol. The lowest BCUT2D eigenvalue weighted by atomic mass is 10.2. The Morgan fingerprint density at radius 2 is 1.64 bits per heavy atom. The van der Waals surface area contributed by atoms with Gasteiger partial charge < -0.3 is 4.90 Å². The lowest BCUT2D eigenvalue weighted by Crippen LogP contribution is -2.29. The molecule has 0 saturated carbocycles. The summed E-state index contributed by atoms with van der Waals surface area (Å²) in [4.78, 5) is 2.41. The van der Waals surface area contributed by atoms with Crippen molar-refractivity contribution in [3.8, 4) is 0 Å². The Hall–Kier alpha value is -0.460. The summed E-state index contributed by atoms with van der Waals surface area (Å²) in [5.41, 5.74) is 2.84. The fraction of sp³-hybridized carbons (Fsp3) is 0.800. The molecule has 1 heteroatoms. The van der Waals surface area contributed by atoms with E-state index < -0.39 is 0 Å². The standard InChI is InChI=1S/C10H21N/c1-7-11(9(4)5)10(6)8(2)3/h9H,7H2,1-6H3. The van der Waals surface area contributed by atoms with Crippen LogP contribution in [0.25, 0.3) is 0 Å². The molecule has 0 aromatic heterocycles. The molecule has 0 rings (SSSR count). The Morgan fingerprint density at radius 1 is 1.18 bits per heavy atom. The van der Waals surface area contributed by atoms with Crippen molar-refractivity contribution in [2.24, 2.45) is 0 Å². The quantitative estimate of drug-likeness (QED) is 0.605. The predicted molar refractivity (Wildman–Crippen MR) is 51.6 cm³/mol. The highest BCUT2D eigenvalue weighted by atomic mass is 15.1. The van der Waals surface area contributed by atoms with Gasteiger partial charge in [-0.05, 0) is 41.5 Å². The Labute approximate surface area is 71.1 Å². The van der Waals surface area contributed by atoms with Crippen LogP contribution < -0.4 is 0 Å². The third-order valence-electron chi connectivity index (χ3n) is 2.12. The van der Waals surface area contributed by atoms with E-state index in [1.165, 1.54) is 11.3 Å². The van der Waals surface area contributed by atoms with Gasteiger partial charge in [-0.2, -0.15) is 0 Å². The van der Waals surface area contributed by atoms with Crippen molar-refractivity contribution in [3.05, 3.63) is 11.3 Å². The summed E-state index contributed by atoms with van der Waals surface area (Å²) in [6.07, 6.45) is 0. The van der Waals surface area contributed by atoms with Crippen molar-refractivity contribution in [2.75, 3.05) is 6.54 Å². The van der Waals surface area contributed by atoms with Crippen LogP contribution in [-0.4, -0.2) is 17.5 Å². The highest BCUT2D eigenvalue weighted by molar-refractivity contribution is 5.06. The molecule has 11 heavy (non-hydrogen) atoms. The van der Waals surface area contributed by atoms with E-state index in [2.05, 4.69) is 46.4 Å². The second-order valence-corrected chi connectivity index (χ2v) is 3.47. The van der Waals surface area contributed by atoms with Crippen LogP contribution in [0.5, 0.6) is 0 Å². The number of nitrogens with zero attached hydrogens (tertiary/aromatic N) is 1. The highest BCUT2D eigenvalue weighted by Gasteiger charge is 2.07. The molecule has 0 aliphatic carbocycles. The fourth-order valence-electron chi connectivity index (χ4n) is 1.28. The van der Waals surface area contributed by atoms with Crippen molar-refractivity contribution < 1.29 is 0 Å². The Kier molecular flexibility index (Phi) is 4.24. The van der Waals surface area contributed by atoms with E-state index in [1.807, 2.05) is 0 Å². The molecular formula is C10H21N. The maximum Gasteiger partial charge on any atom is 0.0230 e. The van der Waals surface area contributed by atoms with Gasteiger partial charge in [0.25, 0.3) is 0 Å². The van der Waals surface area contributed by atoms with Crippen LogP contribution in [0.2, 0.25) is 0 Å². The monoisotopic (exact) mass is 155 g/mol. The molecule has 0 aliphatic heterocycles. The summed E-state index contributed by atoms with van der Waals surface area (Å²) >= 11 is 0. The number of hydrogen-bond donors (Lipinski definition) is 0. The average Bonchev–Trinajstić information content (AvgIpc) is 1.88. The van der Waals surface area contributed by atoms with Crippen LogP contribution in [0.1, 0.15) is 41.5 Å². The van der Waals surface area contributed by atoms with Crippen LogP contribution in [0.3, 0.4) is 0 Å². The van der Waals surface area contributed by atoms with E-state index in [1.54, 1.807) is 0 Å². The Morgan fingerprint density at radius 3 is 1.73 bits per heavy atom. The van der Waals surface area contributed by atoms with E-state index in [0.29, 0.717) is 6.04 Å². The number of allylic oxidation sites excluding steroid dienone is 2. The lowest BCUT2D eigenvalue weighted by Gasteiger charge is -2.29.